The normalized spacial score (nSPS) is 15.2. The van der Waals surface area contributed by atoms with Crippen molar-refractivity contribution in [3.05, 3.63) is 41.2 Å². The molecule has 0 N–H and O–H groups in total. The van der Waals surface area contributed by atoms with Crippen molar-refractivity contribution in [1.82, 2.24) is 0 Å². The van der Waals surface area contributed by atoms with Gasteiger partial charge >= 0.3 is 0 Å². The number of rotatable bonds is 1. The lowest BCUT2D eigenvalue weighted by Gasteiger charge is -2.14. The summed E-state index contributed by atoms with van der Waals surface area (Å²) >= 11 is 5.54. The maximum atomic E-state index is 13.5. The second-order valence-corrected chi connectivity index (χ2v) is 3.33. The molecule has 1 aliphatic rings. The minimum atomic E-state index is -0.774. The lowest BCUT2D eigenvalue weighted by atomic mass is 10.3. The standard InChI is InChI=1S/C10H5ClFNO2/c11-6-2-1-3-7(10(6)12)13-8(14)4-5-9(13)15/h1-5H. The average molecular weight is 226 g/mol. The molecule has 1 aromatic rings. The van der Waals surface area contributed by atoms with Crippen LogP contribution in [0.3, 0.4) is 0 Å². The van der Waals surface area contributed by atoms with Crippen molar-refractivity contribution in [1.29, 1.82) is 0 Å². The molecule has 2 rings (SSSR count). The molecular weight excluding hydrogens is 221 g/mol. The Bertz CT molecular complexity index is 466. The molecule has 0 atom stereocenters. The van der Waals surface area contributed by atoms with Gasteiger partial charge in [-0.25, -0.2) is 9.29 Å². The van der Waals surface area contributed by atoms with Gasteiger partial charge in [-0.3, -0.25) is 9.59 Å². The Kier molecular flexibility index (Phi) is 2.28. The first-order valence-electron chi connectivity index (χ1n) is 4.11. The van der Waals surface area contributed by atoms with Gasteiger partial charge in [0.25, 0.3) is 11.8 Å². The first kappa shape index (κ1) is 9.86. The van der Waals surface area contributed by atoms with Crippen LogP contribution >= 0.6 is 11.6 Å². The van der Waals surface area contributed by atoms with E-state index in [9.17, 15) is 14.0 Å². The van der Waals surface area contributed by atoms with Gasteiger partial charge in [0.15, 0.2) is 5.82 Å². The number of hydrogen-bond donors (Lipinski definition) is 0. The van der Waals surface area contributed by atoms with Crippen LogP contribution in [0.1, 0.15) is 0 Å². The van der Waals surface area contributed by atoms with E-state index in [0.717, 1.165) is 17.1 Å². The third-order valence-electron chi connectivity index (χ3n) is 1.98. The molecule has 2 amide bonds. The van der Waals surface area contributed by atoms with E-state index in [2.05, 4.69) is 0 Å². The van der Waals surface area contributed by atoms with Crippen molar-refractivity contribution in [2.24, 2.45) is 0 Å². The summed E-state index contributed by atoms with van der Waals surface area (Å²) < 4.78 is 13.5. The SMILES string of the molecule is O=C1C=CC(=O)N1c1cccc(Cl)c1F. The zero-order valence-electron chi connectivity index (χ0n) is 7.41. The summed E-state index contributed by atoms with van der Waals surface area (Å²) in [5.41, 5.74) is -0.123. The average Bonchev–Trinajstić information content (AvgIpc) is 2.52. The highest BCUT2D eigenvalue weighted by molar-refractivity contribution is 6.32. The molecule has 0 aliphatic carbocycles. The zero-order chi connectivity index (χ0) is 11.0. The predicted octanol–water partition coefficient (Wildman–Crippen LogP) is 1.91. The predicted molar refractivity (Wildman–Crippen MR) is 53.0 cm³/mol. The van der Waals surface area contributed by atoms with Crippen LogP contribution in [0.15, 0.2) is 30.4 Å². The second-order valence-electron chi connectivity index (χ2n) is 2.92. The zero-order valence-corrected chi connectivity index (χ0v) is 8.16. The Hall–Kier alpha value is -1.68. The van der Waals surface area contributed by atoms with Crippen LogP contribution in [0.25, 0.3) is 0 Å². The highest BCUT2D eigenvalue weighted by atomic mass is 35.5. The van der Waals surface area contributed by atoms with Gasteiger partial charge in [-0.2, -0.15) is 0 Å². The van der Waals surface area contributed by atoms with Gasteiger partial charge in [-0.1, -0.05) is 17.7 Å². The Morgan fingerprint density at radius 3 is 2.33 bits per heavy atom. The number of anilines is 1. The molecule has 0 bridgehead atoms. The van der Waals surface area contributed by atoms with Crippen LogP contribution in [0, 0.1) is 5.82 Å². The molecule has 0 spiro atoms. The van der Waals surface area contributed by atoms with E-state index in [0.29, 0.717) is 0 Å². The summed E-state index contributed by atoms with van der Waals surface area (Å²) in [7, 11) is 0. The minimum absolute atomic E-state index is 0.123. The highest BCUT2D eigenvalue weighted by Crippen LogP contribution is 2.27. The number of nitrogens with zero attached hydrogens (tertiary/aromatic N) is 1. The fourth-order valence-corrected chi connectivity index (χ4v) is 1.47. The van der Waals surface area contributed by atoms with Crippen molar-refractivity contribution in [3.8, 4) is 0 Å². The van der Waals surface area contributed by atoms with E-state index >= 15 is 0 Å². The summed E-state index contributed by atoms with van der Waals surface area (Å²) in [6, 6.07) is 4.14. The Morgan fingerprint density at radius 2 is 1.73 bits per heavy atom. The van der Waals surface area contributed by atoms with Gasteiger partial charge in [0.2, 0.25) is 0 Å². The fourth-order valence-electron chi connectivity index (χ4n) is 1.30. The molecule has 5 heteroatoms. The molecule has 0 saturated heterocycles. The molecule has 0 aromatic heterocycles. The van der Waals surface area contributed by atoms with E-state index in [4.69, 9.17) is 11.6 Å². The van der Waals surface area contributed by atoms with Crippen LogP contribution in [0.2, 0.25) is 5.02 Å². The van der Waals surface area contributed by atoms with E-state index in [1.807, 2.05) is 0 Å². The molecule has 76 valence electrons. The van der Waals surface area contributed by atoms with E-state index < -0.39 is 17.6 Å². The number of hydrogen-bond acceptors (Lipinski definition) is 2. The van der Waals surface area contributed by atoms with Crippen LogP contribution in [-0.2, 0) is 9.59 Å². The third kappa shape index (κ3) is 1.53. The van der Waals surface area contributed by atoms with Crippen LogP contribution in [0.4, 0.5) is 10.1 Å². The van der Waals surface area contributed by atoms with Crippen molar-refractivity contribution < 1.29 is 14.0 Å². The monoisotopic (exact) mass is 225 g/mol. The molecule has 1 aromatic carbocycles. The summed E-state index contributed by atoms with van der Waals surface area (Å²) in [6.45, 7) is 0. The van der Waals surface area contributed by atoms with Gasteiger partial charge in [0, 0.05) is 12.2 Å². The van der Waals surface area contributed by atoms with Crippen molar-refractivity contribution in [2.45, 2.75) is 0 Å². The smallest absolute Gasteiger partial charge is 0.258 e. The summed E-state index contributed by atoms with van der Waals surface area (Å²) in [6.07, 6.45) is 2.17. The molecule has 1 aliphatic heterocycles. The molecule has 0 radical (unpaired) electrons. The fraction of sp³-hybridized carbons (Fsp3) is 0. The van der Waals surface area contributed by atoms with Crippen molar-refractivity contribution in [2.75, 3.05) is 4.90 Å². The first-order chi connectivity index (χ1) is 7.11. The Morgan fingerprint density at radius 1 is 1.13 bits per heavy atom. The maximum absolute atomic E-state index is 13.5. The molecule has 15 heavy (non-hydrogen) atoms. The number of carbonyl (C=O) groups is 2. The van der Waals surface area contributed by atoms with Crippen molar-refractivity contribution >= 4 is 29.1 Å². The lowest BCUT2D eigenvalue weighted by molar-refractivity contribution is -0.120. The first-order valence-corrected chi connectivity index (χ1v) is 4.49. The summed E-state index contributed by atoms with van der Waals surface area (Å²) in [5, 5.41) is -0.125. The topological polar surface area (TPSA) is 37.4 Å². The third-order valence-corrected chi connectivity index (χ3v) is 2.27. The largest absolute Gasteiger partial charge is 0.269 e. The van der Waals surface area contributed by atoms with E-state index in [1.54, 1.807) is 0 Å². The number of halogens is 2. The van der Waals surface area contributed by atoms with Gasteiger partial charge in [0.1, 0.15) is 0 Å². The van der Waals surface area contributed by atoms with Crippen LogP contribution in [0.5, 0.6) is 0 Å². The Labute approximate surface area is 89.7 Å². The van der Waals surface area contributed by atoms with Gasteiger partial charge in [-0.05, 0) is 12.1 Å². The molecule has 1 heterocycles. The second kappa shape index (κ2) is 3.47. The molecular formula is C10H5ClFNO2. The van der Waals surface area contributed by atoms with Gasteiger partial charge in [0.05, 0.1) is 10.7 Å². The summed E-state index contributed by atoms with van der Waals surface area (Å²) in [5.74, 6) is -1.91. The van der Waals surface area contributed by atoms with Gasteiger partial charge in [-0.15, -0.1) is 0 Å². The van der Waals surface area contributed by atoms with E-state index in [-0.39, 0.29) is 10.7 Å². The minimum Gasteiger partial charge on any atom is -0.269 e. The van der Waals surface area contributed by atoms with E-state index in [1.165, 1.54) is 18.2 Å². The quantitative estimate of drug-likeness (QED) is 0.685. The van der Waals surface area contributed by atoms with Gasteiger partial charge < -0.3 is 0 Å². The molecule has 0 fully saturated rings. The van der Waals surface area contributed by atoms with Crippen molar-refractivity contribution in [3.63, 3.8) is 0 Å². The number of benzene rings is 1. The maximum Gasteiger partial charge on any atom is 0.258 e. The molecule has 3 nitrogen and oxygen atoms in total. The van der Waals surface area contributed by atoms with Crippen LogP contribution in [-0.4, -0.2) is 11.8 Å². The lowest BCUT2D eigenvalue weighted by Crippen LogP contribution is -2.30. The molecule has 0 saturated carbocycles. The molecule has 0 unspecified atom stereocenters. The number of carbonyl (C=O) groups excluding carboxylic acids is 2. The number of imide groups is 1. The van der Waals surface area contributed by atoms with Crippen LogP contribution < -0.4 is 4.90 Å². The highest BCUT2D eigenvalue weighted by Gasteiger charge is 2.27. The number of amides is 2. The Balaban J connectivity index is 2.51. The summed E-state index contributed by atoms with van der Waals surface area (Å²) in [4.78, 5) is 23.3.